The maximum Gasteiger partial charge on any atom is 0.119 e. The van der Waals surface area contributed by atoms with Crippen molar-refractivity contribution in [2.24, 2.45) is 0 Å². The number of ether oxygens (including phenoxy) is 1. The highest BCUT2D eigenvalue weighted by Gasteiger charge is 2.02. The molecule has 0 aliphatic carbocycles. The van der Waals surface area contributed by atoms with Crippen LogP contribution in [0.2, 0.25) is 0 Å². The molecular formula is C11H14O2. The molecular weight excluding hydrogens is 164 g/mol. The van der Waals surface area contributed by atoms with Crippen LogP contribution in [0.3, 0.4) is 0 Å². The molecule has 0 aliphatic rings. The Labute approximate surface area is 78.5 Å². The van der Waals surface area contributed by atoms with E-state index in [1.165, 1.54) is 0 Å². The van der Waals surface area contributed by atoms with Gasteiger partial charge in [0.25, 0.3) is 0 Å². The Morgan fingerprint density at radius 3 is 2.77 bits per heavy atom. The lowest BCUT2D eigenvalue weighted by molar-refractivity contribution is 0.411. The third-order valence-electron chi connectivity index (χ3n) is 1.78. The van der Waals surface area contributed by atoms with E-state index in [4.69, 9.17) is 4.74 Å². The first-order chi connectivity index (χ1) is 6.13. The molecule has 0 aliphatic heterocycles. The summed E-state index contributed by atoms with van der Waals surface area (Å²) in [7, 11) is 1.61. The van der Waals surface area contributed by atoms with Gasteiger partial charge in [-0.3, -0.25) is 0 Å². The summed E-state index contributed by atoms with van der Waals surface area (Å²) in [5, 5.41) is 9.48. The Hall–Kier alpha value is -1.44. The maximum absolute atomic E-state index is 9.48. The second-order valence-corrected chi connectivity index (χ2v) is 3.13. The van der Waals surface area contributed by atoms with E-state index >= 15 is 0 Å². The molecule has 2 heteroatoms. The molecule has 0 atom stereocenters. The summed E-state index contributed by atoms with van der Waals surface area (Å²) in [6.45, 7) is 5.72. The Kier molecular flexibility index (Phi) is 2.96. The molecule has 1 aromatic carbocycles. The van der Waals surface area contributed by atoms with E-state index in [-0.39, 0.29) is 0 Å². The number of aromatic hydroxyl groups is 1. The van der Waals surface area contributed by atoms with Gasteiger partial charge >= 0.3 is 0 Å². The molecule has 0 heterocycles. The van der Waals surface area contributed by atoms with Gasteiger partial charge < -0.3 is 9.84 Å². The number of benzene rings is 1. The first-order valence-corrected chi connectivity index (χ1v) is 4.13. The zero-order chi connectivity index (χ0) is 9.84. The summed E-state index contributed by atoms with van der Waals surface area (Å²) in [4.78, 5) is 0. The maximum atomic E-state index is 9.48. The average molecular weight is 178 g/mol. The number of phenols is 1. The van der Waals surface area contributed by atoms with Crippen LogP contribution in [0.25, 0.3) is 0 Å². The topological polar surface area (TPSA) is 29.5 Å². The van der Waals surface area contributed by atoms with Gasteiger partial charge in [0.2, 0.25) is 0 Å². The molecule has 0 spiro atoms. The molecule has 0 radical (unpaired) electrons. The first kappa shape index (κ1) is 9.65. The first-order valence-electron chi connectivity index (χ1n) is 4.13. The fourth-order valence-corrected chi connectivity index (χ4v) is 1.16. The van der Waals surface area contributed by atoms with Gasteiger partial charge in [0.05, 0.1) is 7.11 Å². The van der Waals surface area contributed by atoms with Gasteiger partial charge in [-0.1, -0.05) is 12.2 Å². The average Bonchev–Trinajstić information content (AvgIpc) is 2.08. The van der Waals surface area contributed by atoms with E-state index < -0.39 is 0 Å². The van der Waals surface area contributed by atoms with Crippen molar-refractivity contribution in [1.82, 2.24) is 0 Å². The van der Waals surface area contributed by atoms with Crippen LogP contribution >= 0.6 is 0 Å². The van der Waals surface area contributed by atoms with Crippen molar-refractivity contribution in [3.8, 4) is 11.5 Å². The van der Waals surface area contributed by atoms with Crippen molar-refractivity contribution < 1.29 is 9.84 Å². The summed E-state index contributed by atoms with van der Waals surface area (Å²) in [5.41, 5.74) is 1.87. The highest BCUT2D eigenvalue weighted by molar-refractivity contribution is 5.40. The zero-order valence-corrected chi connectivity index (χ0v) is 8.00. The van der Waals surface area contributed by atoms with E-state index in [1.807, 2.05) is 13.0 Å². The zero-order valence-electron chi connectivity index (χ0n) is 8.00. The molecule has 0 saturated heterocycles. The number of phenolic OH excluding ortho intramolecular Hbond substituents is 1. The van der Waals surface area contributed by atoms with Crippen molar-refractivity contribution >= 4 is 0 Å². The second-order valence-electron chi connectivity index (χ2n) is 3.13. The van der Waals surface area contributed by atoms with Crippen molar-refractivity contribution in [3.05, 3.63) is 35.9 Å². The van der Waals surface area contributed by atoms with Gasteiger partial charge in [-0.25, -0.2) is 0 Å². The molecule has 2 nitrogen and oxygen atoms in total. The van der Waals surface area contributed by atoms with E-state index in [0.29, 0.717) is 12.2 Å². The fraction of sp³-hybridized carbons (Fsp3) is 0.273. The second kappa shape index (κ2) is 3.99. The van der Waals surface area contributed by atoms with Crippen LogP contribution in [-0.4, -0.2) is 12.2 Å². The highest BCUT2D eigenvalue weighted by Crippen LogP contribution is 2.24. The van der Waals surface area contributed by atoms with Crippen molar-refractivity contribution in [3.63, 3.8) is 0 Å². The predicted octanol–water partition coefficient (Wildman–Crippen LogP) is 2.52. The highest BCUT2D eigenvalue weighted by atomic mass is 16.5. The minimum Gasteiger partial charge on any atom is -0.508 e. The molecule has 13 heavy (non-hydrogen) atoms. The fourth-order valence-electron chi connectivity index (χ4n) is 1.16. The van der Waals surface area contributed by atoms with E-state index in [9.17, 15) is 5.11 Å². The molecule has 1 rings (SSSR count). The quantitative estimate of drug-likeness (QED) is 0.721. The van der Waals surface area contributed by atoms with Crippen LogP contribution in [0.5, 0.6) is 11.5 Å². The van der Waals surface area contributed by atoms with Crippen LogP contribution in [0.15, 0.2) is 30.4 Å². The predicted molar refractivity (Wildman–Crippen MR) is 53.2 cm³/mol. The molecule has 70 valence electrons. The molecule has 0 aromatic heterocycles. The van der Waals surface area contributed by atoms with E-state index in [0.717, 1.165) is 16.9 Å². The monoisotopic (exact) mass is 178 g/mol. The Bertz CT molecular complexity index is 316. The number of hydrogen-bond acceptors (Lipinski definition) is 2. The minimum atomic E-state index is 0.295. The molecule has 0 saturated carbocycles. The lowest BCUT2D eigenvalue weighted by atomic mass is 10.1. The van der Waals surface area contributed by atoms with Gasteiger partial charge in [-0.2, -0.15) is 0 Å². The summed E-state index contributed by atoms with van der Waals surface area (Å²) in [6, 6.07) is 5.19. The molecule has 0 bridgehead atoms. The molecule has 0 unspecified atom stereocenters. The minimum absolute atomic E-state index is 0.295. The lowest BCUT2D eigenvalue weighted by Crippen LogP contribution is -1.89. The van der Waals surface area contributed by atoms with Gasteiger partial charge in [-0.05, 0) is 31.5 Å². The third kappa shape index (κ3) is 2.51. The standard InChI is InChI=1S/C11H14O2/c1-8(2)6-9-7-10(13-3)4-5-11(9)12/h4-5,7,12H,1,6H2,2-3H3. The van der Waals surface area contributed by atoms with Crippen LogP contribution in [-0.2, 0) is 6.42 Å². The van der Waals surface area contributed by atoms with Crippen LogP contribution in [0, 0.1) is 0 Å². The smallest absolute Gasteiger partial charge is 0.119 e. The summed E-state index contributed by atoms with van der Waals surface area (Å²) >= 11 is 0. The van der Waals surface area contributed by atoms with Crippen LogP contribution in [0.1, 0.15) is 12.5 Å². The molecule has 1 N–H and O–H groups in total. The van der Waals surface area contributed by atoms with E-state index in [2.05, 4.69) is 6.58 Å². The van der Waals surface area contributed by atoms with Gasteiger partial charge in [0, 0.05) is 5.56 Å². The largest absolute Gasteiger partial charge is 0.508 e. The number of methoxy groups -OCH3 is 1. The molecule has 0 amide bonds. The summed E-state index contributed by atoms with van der Waals surface area (Å²) in [5.74, 6) is 1.05. The number of hydrogen-bond donors (Lipinski definition) is 1. The van der Waals surface area contributed by atoms with Gasteiger partial charge in [0.15, 0.2) is 0 Å². The van der Waals surface area contributed by atoms with Crippen molar-refractivity contribution in [2.75, 3.05) is 7.11 Å². The number of allylic oxidation sites excluding steroid dienone is 1. The van der Waals surface area contributed by atoms with Crippen LogP contribution < -0.4 is 4.74 Å². The van der Waals surface area contributed by atoms with E-state index in [1.54, 1.807) is 19.2 Å². The summed E-state index contributed by atoms with van der Waals surface area (Å²) < 4.78 is 5.05. The van der Waals surface area contributed by atoms with Gasteiger partial charge in [-0.15, -0.1) is 0 Å². The molecule has 0 fully saturated rings. The molecule has 1 aromatic rings. The summed E-state index contributed by atoms with van der Waals surface area (Å²) in [6.07, 6.45) is 0.684. The van der Waals surface area contributed by atoms with Crippen molar-refractivity contribution in [2.45, 2.75) is 13.3 Å². The Morgan fingerprint density at radius 2 is 2.23 bits per heavy atom. The van der Waals surface area contributed by atoms with Crippen molar-refractivity contribution in [1.29, 1.82) is 0 Å². The normalized spacial score (nSPS) is 9.69. The van der Waals surface area contributed by atoms with Crippen LogP contribution in [0.4, 0.5) is 0 Å². The third-order valence-corrected chi connectivity index (χ3v) is 1.78. The SMILES string of the molecule is C=C(C)Cc1cc(OC)ccc1O. The Morgan fingerprint density at radius 1 is 1.54 bits per heavy atom. The van der Waals surface area contributed by atoms with Gasteiger partial charge in [0.1, 0.15) is 11.5 Å². The Balaban J connectivity index is 2.96. The number of rotatable bonds is 3. The lowest BCUT2D eigenvalue weighted by Gasteiger charge is -2.06.